The van der Waals surface area contributed by atoms with Gasteiger partial charge in [0, 0.05) is 11.1 Å². The van der Waals surface area contributed by atoms with Crippen LogP contribution in [0.1, 0.15) is 10.4 Å². The van der Waals surface area contributed by atoms with Crippen molar-refractivity contribution in [3.63, 3.8) is 0 Å². The summed E-state index contributed by atoms with van der Waals surface area (Å²) in [5.41, 5.74) is 0.363. The predicted molar refractivity (Wildman–Crippen MR) is 63.1 cm³/mol. The van der Waals surface area contributed by atoms with E-state index < -0.39 is 17.6 Å². The summed E-state index contributed by atoms with van der Waals surface area (Å²) in [6, 6.07) is 9.67. The average Bonchev–Trinajstić information content (AvgIpc) is 2.39. The number of carbonyl (C=O) groups excluding carboxylic acids is 1. The highest BCUT2D eigenvalue weighted by atomic mass is 19.1. The van der Waals surface area contributed by atoms with E-state index in [0.717, 1.165) is 6.07 Å². The average molecular weight is 248 g/mol. The molecule has 0 amide bonds. The molecule has 0 heterocycles. The van der Waals surface area contributed by atoms with Gasteiger partial charge in [0.1, 0.15) is 11.6 Å². The number of rotatable bonds is 2. The molecule has 0 aliphatic carbocycles. The van der Waals surface area contributed by atoms with Crippen molar-refractivity contribution in [1.29, 1.82) is 0 Å². The molecule has 2 nitrogen and oxygen atoms in total. The molecule has 0 spiro atoms. The van der Waals surface area contributed by atoms with E-state index in [2.05, 4.69) is 4.74 Å². The van der Waals surface area contributed by atoms with Gasteiger partial charge in [-0.25, -0.2) is 13.6 Å². The molecular formula is C14H10F2O2. The molecule has 0 radical (unpaired) electrons. The number of methoxy groups -OCH3 is 1. The van der Waals surface area contributed by atoms with Crippen LogP contribution in [-0.2, 0) is 4.74 Å². The molecule has 0 saturated heterocycles. The fraction of sp³-hybridized carbons (Fsp3) is 0.0714. The molecule has 2 aromatic rings. The summed E-state index contributed by atoms with van der Waals surface area (Å²) in [4.78, 5) is 11.2. The topological polar surface area (TPSA) is 26.3 Å². The van der Waals surface area contributed by atoms with E-state index in [1.165, 1.54) is 37.4 Å². The summed E-state index contributed by atoms with van der Waals surface area (Å²) in [5, 5.41) is 0. The number of carbonyl (C=O) groups is 1. The molecular weight excluding hydrogens is 238 g/mol. The third-order valence-corrected chi connectivity index (χ3v) is 2.55. The Morgan fingerprint density at radius 3 is 2.28 bits per heavy atom. The number of esters is 1. The Hall–Kier alpha value is -2.23. The zero-order chi connectivity index (χ0) is 13.1. The van der Waals surface area contributed by atoms with Crippen LogP contribution in [0, 0.1) is 11.6 Å². The largest absolute Gasteiger partial charge is 0.465 e. The maximum Gasteiger partial charge on any atom is 0.337 e. The third kappa shape index (κ3) is 2.22. The summed E-state index contributed by atoms with van der Waals surface area (Å²) in [7, 11) is 1.21. The van der Waals surface area contributed by atoms with Crippen molar-refractivity contribution in [2.45, 2.75) is 0 Å². The van der Waals surface area contributed by atoms with Crippen molar-refractivity contribution >= 4 is 5.97 Å². The summed E-state index contributed by atoms with van der Waals surface area (Å²) in [6.07, 6.45) is 0. The highest BCUT2D eigenvalue weighted by Gasteiger charge is 2.13. The summed E-state index contributed by atoms with van der Waals surface area (Å²) < 4.78 is 31.8. The van der Waals surface area contributed by atoms with Gasteiger partial charge in [-0.15, -0.1) is 0 Å². The van der Waals surface area contributed by atoms with Gasteiger partial charge in [0.2, 0.25) is 0 Å². The van der Waals surface area contributed by atoms with E-state index in [4.69, 9.17) is 0 Å². The lowest BCUT2D eigenvalue weighted by Crippen LogP contribution is -2.02. The Balaban J connectivity index is 2.49. The Morgan fingerprint density at radius 1 is 1.00 bits per heavy atom. The molecule has 0 aromatic heterocycles. The fourth-order valence-corrected chi connectivity index (χ4v) is 1.66. The first-order chi connectivity index (χ1) is 8.63. The molecule has 0 aliphatic rings. The highest BCUT2D eigenvalue weighted by Crippen LogP contribution is 2.26. The molecule has 18 heavy (non-hydrogen) atoms. The van der Waals surface area contributed by atoms with Crippen LogP contribution < -0.4 is 0 Å². The van der Waals surface area contributed by atoms with E-state index in [1.54, 1.807) is 6.07 Å². The maximum absolute atomic E-state index is 13.8. The van der Waals surface area contributed by atoms with Gasteiger partial charge in [-0.3, -0.25) is 0 Å². The molecule has 2 aromatic carbocycles. The zero-order valence-electron chi connectivity index (χ0n) is 9.61. The fourth-order valence-electron chi connectivity index (χ4n) is 1.66. The van der Waals surface area contributed by atoms with Crippen molar-refractivity contribution in [3.05, 3.63) is 59.7 Å². The van der Waals surface area contributed by atoms with E-state index in [-0.39, 0.29) is 16.7 Å². The van der Waals surface area contributed by atoms with Gasteiger partial charge < -0.3 is 4.74 Å². The van der Waals surface area contributed by atoms with Gasteiger partial charge in [-0.2, -0.15) is 0 Å². The van der Waals surface area contributed by atoms with Crippen molar-refractivity contribution in [1.82, 2.24) is 0 Å². The number of benzene rings is 2. The molecule has 0 atom stereocenters. The monoisotopic (exact) mass is 248 g/mol. The molecule has 2 rings (SSSR count). The standard InChI is InChI=1S/C14H10F2O2/c1-18-14(17)9-6-7-11(13(16)8-9)10-4-2-3-5-12(10)15/h2-8H,1H3. The first-order valence-electron chi connectivity index (χ1n) is 5.26. The minimum absolute atomic E-state index is 0.0927. The molecule has 0 fully saturated rings. The third-order valence-electron chi connectivity index (χ3n) is 2.55. The van der Waals surface area contributed by atoms with Crippen LogP contribution in [0.4, 0.5) is 8.78 Å². The molecule has 0 saturated carbocycles. The van der Waals surface area contributed by atoms with E-state index in [9.17, 15) is 13.6 Å². The molecule has 92 valence electrons. The van der Waals surface area contributed by atoms with Crippen molar-refractivity contribution in [3.8, 4) is 11.1 Å². The molecule has 0 bridgehead atoms. The first kappa shape index (κ1) is 12.2. The normalized spacial score (nSPS) is 10.2. The van der Waals surface area contributed by atoms with Gasteiger partial charge in [-0.1, -0.05) is 24.3 Å². The minimum Gasteiger partial charge on any atom is -0.465 e. The van der Waals surface area contributed by atoms with Crippen molar-refractivity contribution in [2.24, 2.45) is 0 Å². The smallest absolute Gasteiger partial charge is 0.337 e. The molecule has 4 heteroatoms. The number of hydrogen-bond donors (Lipinski definition) is 0. The van der Waals surface area contributed by atoms with Gasteiger partial charge in [-0.05, 0) is 18.2 Å². The van der Waals surface area contributed by atoms with Crippen LogP contribution in [0.3, 0.4) is 0 Å². The maximum atomic E-state index is 13.8. The Morgan fingerprint density at radius 2 is 1.67 bits per heavy atom. The molecule has 0 aliphatic heterocycles. The second kappa shape index (κ2) is 4.96. The summed E-state index contributed by atoms with van der Waals surface area (Å²) >= 11 is 0. The van der Waals surface area contributed by atoms with Crippen LogP contribution in [0.25, 0.3) is 11.1 Å². The number of ether oxygens (including phenoxy) is 1. The van der Waals surface area contributed by atoms with Crippen LogP contribution in [0.15, 0.2) is 42.5 Å². The number of hydrogen-bond acceptors (Lipinski definition) is 2. The summed E-state index contributed by atoms with van der Waals surface area (Å²) in [5.74, 6) is -1.81. The lowest BCUT2D eigenvalue weighted by atomic mass is 10.0. The quantitative estimate of drug-likeness (QED) is 0.761. The minimum atomic E-state index is -0.664. The highest BCUT2D eigenvalue weighted by molar-refractivity contribution is 5.90. The van der Waals surface area contributed by atoms with Crippen LogP contribution >= 0.6 is 0 Å². The second-order valence-corrected chi connectivity index (χ2v) is 3.67. The van der Waals surface area contributed by atoms with Crippen molar-refractivity contribution < 1.29 is 18.3 Å². The summed E-state index contributed by atoms with van der Waals surface area (Å²) in [6.45, 7) is 0. The van der Waals surface area contributed by atoms with Crippen LogP contribution in [-0.4, -0.2) is 13.1 Å². The molecule has 0 N–H and O–H groups in total. The zero-order valence-corrected chi connectivity index (χ0v) is 9.61. The second-order valence-electron chi connectivity index (χ2n) is 3.67. The van der Waals surface area contributed by atoms with Gasteiger partial charge in [0.05, 0.1) is 12.7 Å². The van der Waals surface area contributed by atoms with Gasteiger partial charge in [0.15, 0.2) is 0 Å². The van der Waals surface area contributed by atoms with Gasteiger partial charge in [0.25, 0.3) is 0 Å². The van der Waals surface area contributed by atoms with E-state index in [0.29, 0.717) is 0 Å². The Kier molecular flexibility index (Phi) is 3.37. The predicted octanol–water partition coefficient (Wildman–Crippen LogP) is 3.42. The lowest BCUT2D eigenvalue weighted by molar-refractivity contribution is 0.0600. The number of halogens is 2. The SMILES string of the molecule is COC(=O)c1ccc(-c2ccccc2F)c(F)c1. The van der Waals surface area contributed by atoms with E-state index >= 15 is 0 Å². The lowest BCUT2D eigenvalue weighted by Gasteiger charge is -2.06. The van der Waals surface area contributed by atoms with Gasteiger partial charge >= 0.3 is 5.97 Å². The molecule has 0 unspecified atom stereocenters. The Bertz CT molecular complexity index is 594. The van der Waals surface area contributed by atoms with E-state index in [1.807, 2.05) is 0 Å². The Labute approximate surface area is 103 Å². The van der Waals surface area contributed by atoms with Crippen LogP contribution in [0.2, 0.25) is 0 Å². The van der Waals surface area contributed by atoms with Crippen molar-refractivity contribution in [2.75, 3.05) is 7.11 Å². The first-order valence-corrected chi connectivity index (χ1v) is 5.26. The van der Waals surface area contributed by atoms with Crippen LogP contribution in [0.5, 0.6) is 0 Å².